The number of nitrogens with zero attached hydrogens (tertiary/aromatic N) is 5. The average molecular weight is 374 g/mol. The Hall–Kier alpha value is -2.26. The Morgan fingerprint density at radius 1 is 1.28 bits per heavy atom. The summed E-state index contributed by atoms with van der Waals surface area (Å²) in [5.41, 5.74) is 0.970. The minimum absolute atomic E-state index is 0.101. The van der Waals surface area contributed by atoms with Gasteiger partial charge in [0.25, 0.3) is 0 Å². The molecule has 7 nitrogen and oxygen atoms in total. The third-order valence-corrected chi connectivity index (χ3v) is 5.06. The number of hydrogen-bond acceptors (Lipinski definition) is 7. The summed E-state index contributed by atoms with van der Waals surface area (Å²) < 4.78 is 2.07. The topological polar surface area (TPSA) is 85.6 Å². The van der Waals surface area contributed by atoms with Crippen molar-refractivity contribution in [3.8, 4) is 11.4 Å². The molecule has 0 atom stereocenters. The summed E-state index contributed by atoms with van der Waals surface area (Å²) in [4.78, 5) is 20.2. The molecule has 9 heteroatoms. The van der Waals surface area contributed by atoms with E-state index in [0.717, 1.165) is 35.9 Å². The molecule has 3 aromatic heterocycles. The van der Waals surface area contributed by atoms with Gasteiger partial charge < -0.3 is 9.88 Å². The van der Waals surface area contributed by atoms with Crippen molar-refractivity contribution < 1.29 is 4.79 Å². The SMILES string of the molecule is CCCCn1c(SCC(=O)Nc2nccs2)nnc1-c1ccncc1. The molecule has 0 aromatic carbocycles. The van der Waals surface area contributed by atoms with Crippen LogP contribution in [0, 0.1) is 0 Å². The lowest BCUT2D eigenvalue weighted by atomic mass is 10.2. The van der Waals surface area contributed by atoms with Crippen LogP contribution in [0.3, 0.4) is 0 Å². The maximum absolute atomic E-state index is 12.1. The minimum atomic E-state index is -0.101. The fraction of sp³-hybridized carbons (Fsp3) is 0.312. The molecule has 0 bridgehead atoms. The molecule has 0 radical (unpaired) electrons. The van der Waals surface area contributed by atoms with Crippen LogP contribution in [-0.2, 0) is 11.3 Å². The van der Waals surface area contributed by atoms with E-state index in [1.54, 1.807) is 18.6 Å². The van der Waals surface area contributed by atoms with Crippen molar-refractivity contribution in [2.75, 3.05) is 11.1 Å². The summed E-state index contributed by atoms with van der Waals surface area (Å²) in [6.45, 7) is 2.96. The highest BCUT2D eigenvalue weighted by molar-refractivity contribution is 7.99. The number of carbonyl (C=O) groups is 1. The first kappa shape index (κ1) is 17.6. The molecule has 0 aliphatic rings. The lowest BCUT2D eigenvalue weighted by Crippen LogP contribution is -2.14. The molecule has 130 valence electrons. The standard InChI is InChI=1S/C16H18N6OS2/c1-2-3-9-22-14(12-4-6-17-7-5-12)20-21-16(22)25-11-13(23)19-15-18-8-10-24-15/h4-8,10H,2-3,9,11H2,1H3,(H,18,19,23). The third kappa shape index (κ3) is 4.64. The van der Waals surface area contributed by atoms with Gasteiger partial charge in [0, 0.05) is 36.1 Å². The number of hydrogen-bond donors (Lipinski definition) is 1. The number of thiazole rings is 1. The van der Waals surface area contributed by atoms with E-state index in [1.807, 2.05) is 17.5 Å². The molecule has 0 aliphatic carbocycles. The van der Waals surface area contributed by atoms with Gasteiger partial charge in [-0.3, -0.25) is 9.78 Å². The minimum Gasteiger partial charge on any atom is -0.302 e. The van der Waals surface area contributed by atoms with E-state index in [2.05, 4.69) is 37.0 Å². The Balaban J connectivity index is 1.72. The van der Waals surface area contributed by atoms with Gasteiger partial charge in [0.1, 0.15) is 0 Å². The predicted molar refractivity (Wildman–Crippen MR) is 99.6 cm³/mol. The van der Waals surface area contributed by atoms with Crippen molar-refractivity contribution in [2.24, 2.45) is 0 Å². The van der Waals surface area contributed by atoms with Crippen LogP contribution in [0.25, 0.3) is 11.4 Å². The smallest absolute Gasteiger partial charge is 0.236 e. The van der Waals surface area contributed by atoms with Gasteiger partial charge in [0.15, 0.2) is 16.1 Å². The summed E-state index contributed by atoms with van der Waals surface area (Å²) in [5, 5.41) is 14.5. The molecule has 3 aromatic rings. The predicted octanol–water partition coefficient (Wildman–Crippen LogP) is 3.33. The maximum atomic E-state index is 12.1. The van der Waals surface area contributed by atoms with Crippen LogP contribution in [0.1, 0.15) is 19.8 Å². The molecule has 0 aliphatic heterocycles. The van der Waals surface area contributed by atoms with E-state index in [1.165, 1.54) is 23.1 Å². The van der Waals surface area contributed by atoms with Crippen LogP contribution >= 0.6 is 23.1 Å². The first-order chi connectivity index (χ1) is 12.3. The Morgan fingerprint density at radius 3 is 2.84 bits per heavy atom. The van der Waals surface area contributed by atoms with E-state index in [0.29, 0.717) is 5.13 Å². The van der Waals surface area contributed by atoms with Gasteiger partial charge in [-0.25, -0.2) is 4.98 Å². The van der Waals surface area contributed by atoms with E-state index >= 15 is 0 Å². The van der Waals surface area contributed by atoms with E-state index in [-0.39, 0.29) is 11.7 Å². The number of unbranched alkanes of at least 4 members (excludes halogenated alkanes) is 1. The molecule has 0 fully saturated rings. The normalized spacial score (nSPS) is 10.8. The van der Waals surface area contributed by atoms with Crippen molar-refractivity contribution in [3.63, 3.8) is 0 Å². The van der Waals surface area contributed by atoms with Gasteiger partial charge in [-0.05, 0) is 18.6 Å². The second kappa shape index (κ2) is 8.72. The summed E-state index contributed by atoms with van der Waals surface area (Å²) in [7, 11) is 0. The largest absolute Gasteiger partial charge is 0.302 e. The molecule has 0 saturated heterocycles. The van der Waals surface area contributed by atoms with Gasteiger partial charge in [0.2, 0.25) is 5.91 Å². The summed E-state index contributed by atoms with van der Waals surface area (Å²) in [6, 6.07) is 3.83. The number of anilines is 1. The lowest BCUT2D eigenvalue weighted by molar-refractivity contribution is -0.113. The summed E-state index contributed by atoms with van der Waals surface area (Å²) in [5.74, 6) is 0.967. The molecule has 1 N–H and O–H groups in total. The molecule has 0 unspecified atom stereocenters. The van der Waals surface area contributed by atoms with Crippen LogP contribution in [0.2, 0.25) is 0 Å². The van der Waals surface area contributed by atoms with Crippen molar-refractivity contribution in [1.29, 1.82) is 0 Å². The number of nitrogens with one attached hydrogen (secondary N) is 1. The third-order valence-electron chi connectivity index (χ3n) is 3.40. The number of amides is 1. The van der Waals surface area contributed by atoms with E-state index < -0.39 is 0 Å². The highest BCUT2D eigenvalue weighted by Gasteiger charge is 2.15. The molecule has 1 amide bonds. The Kier molecular flexibility index (Phi) is 6.13. The zero-order valence-electron chi connectivity index (χ0n) is 13.8. The van der Waals surface area contributed by atoms with Crippen LogP contribution in [0.5, 0.6) is 0 Å². The number of aromatic nitrogens is 5. The number of carbonyl (C=O) groups excluding carboxylic acids is 1. The van der Waals surface area contributed by atoms with Crippen molar-refractivity contribution in [1.82, 2.24) is 24.7 Å². The molecule has 0 spiro atoms. The van der Waals surface area contributed by atoms with Crippen LogP contribution in [-0.4, -0.2) is 36.4 Å². The van der Waals surface area contributed by atoms with Gasteiger partial charge in [-0.15, -0.1) is 21.5 Å². The molecular weight excluding hydrogens is 356 g/mol. The monoisotopic (exact) mass is 374 g/mol. The molecule has 0 saturated carbocycles. The Morgan fingerprint density at radius 2 is 2.12 bits per heavy atom. The number of rotatable bonds is 8. The first-order valence-electron chi connectivity index (χ1n) is 7.93. The lowest BCUT2D eigenvalue weighted by Gasteiger charge is -2.09. The van der Waals surface area contributed by atoms with Crippen LogP contribution in [0.4, 0.5) is 5.13 Å². The van der Waals surface area contributed by atoms with Crippen molar-refractivity contribution in [3.05, 3.63) is 36.1 Å². The van der Waals surface area contributed by atoms with Gasteiger partial charge in [-0.2, -0.15) is 0 Å². The van der Waals surface area contributed by atoms with E-state index in [9.17, 15) is 4.79 Å². The maximum Gasteiger partial charge on any atom is 0.236 e. The summed E-state index contributed by atoms with van der Waals surface area (Å²) in [6.07, 6.45) is 7.23. The number of pyridine rings is 1. The molecule has 3 heterocycles. The highest BCUT2D eigenvalue weighted by Crippen LogP contribution is 2.24. The molecular formula is C16H18N6OS2. The van der Waals surface area contributed by atoms with Gasteiger partial charge >= 0.3 is 0 Å². The molecule has 3 rings (SSSR count). The second-order valence-electron chi connectivity index (χ2n) is 5.22. The zero-order chi connectivity index (χ0) is 17.5. The first-order valence-corrected chi connectivity index (χ1v) is 9.80. The zero-order valence-corrected chi connectivity index (χ0v) is 15.4. The number of thioether (sulfide) groups is 1. The van der Waals surface area contributed by atoms with E-state index in [4.69, 9.17) is 0 Å². The summed E-state index contributed by atoms with van der Waals surface area (Å²) >= 11 is 2.78. The second-order valence-corrected chi connectivity index (χ2v) is 7.06. The molecule has 25 heavy (non-hydrogen) atoms. The quantitative estimate of drug-likeness (QED) is 0.609. The fourth-order valence-corrected chi connectivity index (χ4v) is 3.51. The van der Waals surface area contributed by atoms with Gasteiger partial charge in [-0.1, -0.05) is 25.1 Å². The Labute approximate surface area is 153 Å². The van der Waals surface area contributed by atoms with Crippen LogP contribution in [0.15, 0.2) is 41.3 Å². The Bertz CT molecular complexity index is 803. The van der Waals surface area contributed by atoms with Crippen LogP contribution < -0.4 is 5.32 Å². The van der Waals surface area contributed by atoms with Gasteiger partial charge in [0.05, 0.1) is 5.75 Å². The highest BCUT2D eigenvalue weighted by atomic mass is 32.2. The van der Waals surface area contributed by atoms with Crippen molar-refractivity contribution in [2.45, 2.75) is 31.5 Å². The average Bonchev–Trinajstić information content (AvgIpc) is 3.28. The fourth-order valence-electron chi connectivity index (χ4n) is 2.20. The van der Waals surface area contributed by atoms with Crippen molar-refractivity contribution >= 4 is 34.1 Å².